The first-order valence-corrected chi connectivity index (χ1v) is 7.27. The molecule has 0 fully saturated rings. The largest absolute Gasteiger partial charge is 0.240 e. The molecule has 0 aliphatic carbocycles. The second-order valence-electron chi connectivity index (χ2n) is 3.30. The zero-order valence-corrected chi connectivity index (χ0v) is 11.9. The number of aromatic nitrogens is 1. The Hall–Kier alpha value is -0.700. The van der Waals surface area contributed by atoms with Gasteiger partial charge in [-0.15, -0.1) is 22.7 Å². The fraction of sp³-hybridized carbons (Fsp3) is 0.273. The zero-order chi connectivity index (χ0) is 11.5. The van der Waals surface area contributed by atoms with Gasteiger partial charge in [-0.05, 0) is 28.9 Å². The smallest absolute Gasteiger partial charge is 0.0945 e. The van der Waals surface area contributed by atoms with Crippen molar-refractivity contribution < 1.29 is 0 Å². The Balaban J connectivity index is 2.28. The topological polar surface area (TPSA) is 36.7 Å². The molecule has 0 bridgehead atoms. The van der Waals surface area contributed by atoms with Gasteiger partial charge in [0.25, 0.3) is 0 Å². The van der Waals surface area contributed by atoms with Crippen molar-refractivity contribution in [3.8, 4) is 16.6 Å². The quantitative estimate of drug-likeness (QED) is 0.842. The van der Waals surface area contributed by atoms with Gasteiger partial charge in [0.2, 0.25) is 0 Å². The summed E-state index contributed by atoms with van der Waals surface area (Å²) in [5.41, 5.74) is 1.06. The number of nitrogens with zero attached hydrogens (tertiary/aromatic N) is 2. The van der Waals surface area contributed by atoms with E-state index >= 15 is 0 Å². The molecule has 0 unspecified atom stereocenters. The van der Waals surface area contributed by atoms with Crippen LogP contribution < -0.4 is 0 Å². The number of hydrogen-bond donors (Lipinski definition) is 0. The molecular weight excluding hydrogens is 304 g/mol. The van der Waals surface area contributed by atoms with Crippen molar-refractivity contribution in [2.75, 3.05) is 0 Å². The maximum Gasteiger partial charge on any atom is 0.0945 e. The van der Waals surface area contributed by atoms with Gasteiger partial charge in [0, 0.05) is 27.6 Å². The molecule has 0 aliphatic rings. The van der Waals surface area contributed by atoms with Crippen LogP contribution in [0.2, 0.25) is 0 Å². The number of nitriles is 1. The molecule has 0 aromatic carbocycles. The standard InChI is InChI=1S/C11H9BrN2S2/c1-7-11(9-5-8(12)6-15-9)14-10(16-7)3-2-4-13/h5-6H,2-3H2,1H3. The van der Waals surface area contributed by atoms with E-state index in [1.165, 1.54) is 9.75 Å². The van der Waals surface area contributed by atoms with Gasteiger partial charge in [-0.3, -0.25) is 0 Å². The molecule has 0 radical (unpaired) electrons. The van der Waals surface area contributed by atoms with Crippen molar-refractivity contribution in [1.29, 1.82) is 5.26 Å². The van der Waals surface area contributed by atoms with E-state index < -0.39 is 0 Å². The van der Waals surface area contributed by atoms with Crippen molar-refractivity contribution >= 4 is 38.6 Å². The predicted octanol–water partition coefficient (Wildman–Crippen LogP) is 4.40. The first-order valence-electron chi connectivity index (χ1n) is 4.78. The highest BCUT2D eigenvalue weighted by Crippen LogP contribution is 2.34. The Kier molecular flexibility index (Phi) is 3.74. The fourth-order valence-electron chi connectivity index (χ4n) is 1.39. The number of thiophene rings is 1. The number of aryl methyl sites for hydroxylation is 2. The molecular formula is C11H9BrN2S2. The summed E-state index contributed by atoms with van der Waals surface area (Å²) in [7, 11) is 0. The maximum absolute atomic E-state index is 8.55. The normalized spacial score (nSPS) is 10.3. The SMILES string of the molecule is Cc1sc(CCC#N)nc1-c1cc(Br)cs1. The average Bonchev–Trinajstić information content (AvgIpc) is 2.82. The molecule has 0 spiro atoms. The maximum atomic E-state index is 8.55. The fourth-order valence-corrected chi connectivity index (χ4v) is 3.87. The van der Waals surface area contributed by atoms with E-state index in [1.807, 2.05) is 0 Å². The van der Waals surface area contributed by atoms with Crippen LogP contribution in [0.15, 0.2) is 15.9 Å². The van der Waals surface area contributed by atoms with Crippen LogP contribution in [-0.4, -0.2) is 4.98 Å². The Bertz CT molecular complexity index is 536. The molecule has 0 saturated heterocycles. The lowest BCUT2D eigenvalue weighted by molar-refractivity contribution is 0.991. The Morgan fingerprint density at radius 3 is 3.00 bits per heavy atom. The Morgan fingerprint density at radius 1 is 1.56 bits per heavy atom. The molecule has 0 N–H and O–H groups in total. The van der Waals surface area contributed by atoms with Gasteiger partial charge in [-0.1, -0.05) is 0 Å². The molecule has 0 atom stereocenters. The van der Waals surface area contributed by atoms with Crippen molar-refractivity contribution in [3.05, 3.63) is 25.8 Å². The van der Waals surface area contributed by atoms with Crippen LogP contribution in [0.25, 0.3) is 10.6 Å². The number of thiazole rings is 1. The minimum absolute atomic E-state index is 0.542. The number of halogens is 1. The second-order valence-corrected chi connectivity index (χ2v) is 6.41. The number of rotatable bonds is 3. The lowest BCUT2D eigenvalue weighted by Crippen LogP contribution is -1.81. The van der Waals surface area contributed by atoms with Gasteiger partial charge >= 0.3 is 0 Å². The highest BCUT2D eigenvalue weighted by molar-refractivity contribution is 9.10. The predicted molar refractivity (Wildman–Crippen MR) is 71.8 cm³/mol. The molecule has 2 nitrogen and oxygen atoms in total. The van der Waals surface area contributed by atoms with Crippen molar-refractivity contribution in [2.45, 2.75) is 19.8 Å². The molecule has 2 aromatic rings. The van der Waals surface area contributed by atoms with E-state index in [-0.39, 0.29) is 0 Å². The molecule has 2 heterocycles. The van der Waals surface area contributed by atoms with E-state index in [1.54, 1.807) is 22.7 Å². The van der Waals surface area contributed by atoms with Gasteiger partial charge in [-0.2, -0.15) is 5.26 Å². The summed E-state index contributed by atoms with van der Waals surface area (Å²) in [5.74, 6) is 0. The van der Waals surface area contributed by atoms with E-state index in [0.717, 1.165) is 21.6 Å². The van der Waals surface area contributed by atoms with Gasteiger partial charge < -0.3 is 0 Å². The van der Waals surface area contributed by atoms with Crippen LogP contribution >= 0.6 is 38.6 Å². The molecule has 82 valence electrons. The minimum atomic E-state index is 0.542. The van der Waals surface area contributed by atoms with Crippen molar-refractivity contribution in [1.82, 2.24) is 4.98 Å². The second kappa shape index (κ2) is 5.09. The molecule has 0 aliphatic heterocycles. The average molecular weight is 313 g/mol. The summed E-state index contributed by atoms with van der Waals surface area (Å²) in [6, 6.07) is 4.23. The third-order valence-electron chi connectivity index (χ3n) is 2.09. The first kappa shape index (κ1) is 11.8. The highest BCUT2D eigenvalue weighted by Gasteiger charge is 2.11. The van der Waals surface area contributed by atoms with Crippen LogP contribution in [-0.2, 0) is 6.42 Å². The third kappa shape index (κ3) is 2.51. The van der Waals surface area contributed by atoms with Crippen molar-refractivity contribution in [3.63, 3.8) is 0 Å². The van der Waals surface area contributed by atoms with Crippen LogP contribution in [0, 0.1) is 18.3 Å². The Labute approximate surface area is 111 Å². The highest BCUT2D eigenvalue weighted by atomic mass is 79.9. The van der Waals surface area contributed by atoms with Crippen LogP contribution in [0.5, 0.6) is 0 Å². The summed E-state index contributed by atoms with van der Waals surface area (Å²) in [4.78, 5) is 7.00. The molecule has 2 rings (SSSR count). The third-order valence-corrected chi connectivity index (χ3v) is 4.82. The van der Waals surface area contributed by atoms with Crippen LogP contribution in [0.3, 0.4) is 0 Å². The first-order chi connectivity index (χ1) is 7.70. The molecule has 5 heteroatoms. The monoisotopic (exact) mass is 312 g/mol. The zero-order valence-electron chi connectivity index (χ0n) is 8.66. The van der Waals surface area contributed by atoms with Gasteiger partial charge in [0.05, 0.1) is 21.6 Å². The lowest BCUT2D eigenvalue weighted by Gasteiger charge is -1.91. The summed E-state index contributed by atoms with van der Waals surface area (Å²) >= 11 is 6.82. The van der Waals surface area contributed by atoms with E-state index in [0.29, 0.717) is 6.42 Å². The molecule has 16 heavy (non-hydrogen) atoms. The Morgan fingerprint density at radius 2 is 2.38 bits per heavy atom. The van der Waals surface area contributed by atoms with Gasteiger partial charge in [0.15, 0.2) is 0 Å². The number of hydrogen-bond acceptors (Lipinski definition) is 4. The van der Waals surface area contributed by atoms with Crippen LogP contribution in [0.1, 0.15) is 16.3 Å². The summed E-state index contributed by atoms with van der Waals surface area (Å²) in [5, 5.41) is 11.7. The van der Waals surface area contributed by atoms with E-state index in [9.17, 15) is 0 Å². The summed E-state index contributed by atoms with van der Waals surface area (Å²) in [6.45, 7) is 2.08. The molecule has 0 amide bonds. The summed E-state index contributed by atoms with van der Waals surface area (Å²) in [6.07, 6.45) is 1.30. The lowest BCUT2D eigenvalue weighted by atomic mass is 10.3. The van der Waals surface area contributed by atoms with E-state index in [4.69, 9.17) is 5.26 Å². The summed E-state index contributed by atoms with van der Waals surface area (Å²) < 4.78 is 1.10. The van der Waals surface area contributed by atoms with Crippen molar-refractivity contribution in [2.24, 2.45) is 0 Å². The van der Waals surface area contributed by atoms with Gasteiger partial charge in [0.1, 0.15) is 0 Å². The molecule has 0 saturated carbocycles. The van der Waals surface area contributed by atoms with E-state index in [2.05, 4.69) is 45.4 Å². The molecule has 2 aromatic heterocycles. The van der Waals surface area contributed by atoms with Crippen LogP contribution in [0.4, 0.5) is 0 Å². The minimum Gasteiger partial charge on any atom is -0.240 e. The van der Waals surface area contributed by atoms with Gasteiger partial charge in [-0.25, -0.2) is 4.98 Å².